The van der Waals surface area contributed by atoms with E-state index in [2.05, 4.69) is 19.2 Å². The van der Waals surface area contributed by atoms with Crippen LogP contribution in [0.25, 0.3) is 0 Å². The van der Waals surface area contributed by atoms with Crippen LogP contribution >= 0.6 is 0 Å². The fourth-order valence-electron chi connectivity index (χ4n) is 3.09. The van der Waals surface area contributed by atoms with E-state index in [1.165, 1.54) is 0 Å². The summed E-state index contributed by atoms with van der Waals surface area (Å²) in [6, 6.07) is -0.541. The van der Waals surface area contributed by atoms with Crippen LogP contribution in [0.5, 0.6) is 0 Å². The summed E-state index contributed by atoms with van der Waals surface area (Å²) in [5.41, 5.74) is 0. The summed E-state index contributed by atoms with van der Waals surface area (Å²) in [6.07, 6.45) is 4.23. The second-order valence-corrected chi connectivity index (χ2v) is 7.08. The van der Waals surface area contributed by atoms with Crippen molar-refractivity contribution < 1.29 is 9.59 Å². The molecule has 1 heterocycles. The predicted octanol–water partition coefficient (Wildman–Crippen LogP) is 2.18. The Kier molecular flexibility index (Phi) is 4.71. The van der Waals surface area contributed by atoms with Gasteiger partial charge in [0.2, 0.25) is 11.8 Å². The van der Waals surface area contributed by atoms with Crippen molar-refractivity contribution in [2.24, 2.45) is 17.8 Å². The number of piperazine rings is 1. The molecule has 114 valence electrons. The molecule has 2 aliphatic rings. The Labute approximate surface area is 122 Å². The molecule has 2 amide bonds. The normalized spacial score (nSPS) is 27.4. The van der Waals surface area contributed by atoms with Gasteiger partial charge in [0.1, 0.15) is 12.1 Å². The fourth-order valence-corrected chi connectivity index (χ4v) is 3.09. The second kappa shape index (κ2) is 6.15. The summed E-state index contributed by atoms with van der Waals surface area (Å²) in [6.45, 7) is 9.14. The van der Waals surface area contributed by atoms with Crippen LogP contribution in [0.3, 0.4) is 0 Å². The van der Waals surface area contributed by atoms with Gasteiger partial charge < -0.3 is 10.2 Å². The van der Waals surface area contributed by atoms with Crippen LogP contribution in [-0.4, -0.2) is 35.3 Å². The molecule has 0 spiro atoms. The van der Waals surface area contributed by atoms with Crippen molar-refractivity contribution in [1.29, 1.82) is 0 Å². The monoisotopic (exact) mass is 280 g/mol. The van der Waals surface area contributed by atoms with E-state index in [0.29, 0.717) is 11.8 Å². The molecule has 2 atom stereocenters. The third-order valence-corrected chi connectivity index (χ3v) is 4.36. The average molecular weight is 280 g/mol. The lowest BCUT2D eigenvalue weighted by molar-refractivity contribution is -0.151. The van der Waals surface area contributed by atoms with E-state index in [1.54, 1.807) is 0 Å². The molecule has 2 rings (SSSR count). The first kappa shape index (κ1) is 15.3. The molecular weight excluding hydrogens is 252 g/mol. The van der Waals surface area contributed by atoms with Gasteiger partial charge in [-0.2, -0.15) is 0 Å². The highest BCUT2D eigenvalue weighted by atomic mass is 16.2. The Morgan fingerprint density at radius 2 is 1.85 bits per heavy atom. The first-order valence-electron chi connectivity index (χ1n) is 8.02. The summed E-state index contributed by atoms with van der Waals surface area (Å²) >= 11 is 0. The summed E-state index contributed by atoms with van der Waals surface area (Å²) in [5.74, 6) is 1.38. The molecule has 0 radical (unpaired) electrons. The number of nitrogens with zero attached hydrogens (tertiary/aromatic N) is 1. The number of hydrogen-bond donors (Lipinski definition) is 1. The van der Waals surface area contributed by atoms with E-state index in [0.717, 1.165) is 32.2 Å². The summed E-state index contributed by atoms with van der Waals surface area (Å²) in [7, 11) is 0. The molecule has 0 bridgehead atoms. The molecule has 4 nitrogen and oxygen atoms in total. The van der Waals surface area contributed by atoms with Gasteiger partial charge in [-0.3, -0.25) is 9.59 Å². The van der Waals surface area contributed by atoms with Crippen molar-refractivity contribution in [2.45, 2.75) is 65.5 Å². The van der Waals surface area contributed by atoms with Crippen molar-refractivity contribution in [3.8, 4) is 0 Å². The number of carbonyl (C=O) groups is 2. The smallest absolute Gasteiger partial charge is 0.246 e. The summed E-state index contributed by atoms with van der Waals surface area (Å²) in [5, 5.41) is 2.96. The number of rotatable bonds is 6. The lowest BCUT2D eigenvalue weighted by Gasteiger charge is -2.41. The van der Waals surface area contributed by atoms with Crippen LogP contribution in [0.1, 0.15) is 53.4 Å². The minimum absolute atomic E-state index is 0.0426. The molecular formula is C16H28N2O2. The molecule has 0 aromatic carbocycles. The lowest BCUT2D eigenvalue weighted by Crippen LogP contribution is -2.65. The lowest BCUT2D eigenvalue weighted by atomic mass is 9.95. The Hall–Kier alpha value is -1.06. The Bertz CT molecular complexity index is 375. The molecule has 1 aliphatic carbocycles. The van der Waals surface area contributed by atoms with Crippen molar-refractivity contribution in [3.05, 3.63) is 0 Å². The Morgan fingerprint density at radius 1 is 1.20 bits per heavy atom. The Morgan fingerprint density at radius 3 is 2.35 bits per heavy atom. The standard InChI is InChI=1S/C16H28N2O2/c1-10(2)6-5-9-18-14(11(3)4)15(19)17-13(16(18)20)12-7-8-12/h10-14H,5-9H2,1-4H3,(H,17,19). The van der Waals surface area contributed by atoms with E-state index < -0.39 is 0 Å². The SMILES string of the molecule is CC(C)CCCN1C(=O)C(C2CC2)NC(=O)C1C(C)C. The van der Waals surface area contributed by atoms with Gasteiger partial charge in [-0.05, 0) is 43.4 Å². The maximum Gasteiger partial charge on any atom is 0.246 e. The largest absolute Gasteiger partial charge is 0.342 e. The number of hydrogen-bond acceptors (Lipinski definition) is 2. The van der Waals surface area contributed by atoms with Gasteiger partial charge >= 0.3 is 0 Å². The number of amides is 2. The van der Waals surface area contributed by atoms with Crippen molar-refractivity contribution in [2.75, 3.05) is 6.54 Å². The summed E-state index contributed by atoms with van der Waals surface area (Å²) in [4.78, 5) is 26.8. The van der Waals surface area contributed by atoms with Gasteiger partial charge in [-0.15, -0.1) is 0 Å². The van der Waals surface area contributed by atoms with E-state index in [4.69, 9.17) is 0 Å². The molecule has 0 aromatic rings. The van der Waals surface area contributed by atoms with Crippen LogP contribution in [0.2, 0.25) is 0 Å². The van der Waals surface area contributed by atoms with Gasteiger partial charge in [-0.25, -0.2) is 0 Å². The predicted molar refractivity (Wildman–Crippen MR) is 79.1 cm³/mol. The minimum atomic E-state index is -0.287. The molecule has 20 heavy (non-hydrogen) atoms. The van der Waals surface area contributed by atoms with Gasteiger partial charge in [0.05, 0.1) is 0 Å². The number of nitrogens with one attached hydrogen (secondary N) is 1. The van der Waals surface area contributed by atoms with Crippen molar-refractivity contribution in [1.82, 2.24) is 10.2 Å². The van der Waals surface area contributed by atoms with Crippen LogP contribution < -0.4 is 5.32 Å². The summed E-state index contributed by atoms with van der Waals surface area (Å²) < 4.78 is 0. The highest BCUT2D eigenvalue weighted by Gasteiger charge is 2.47. The quantitative estimate of drug-likeness (QED) is 0.811. The fraction of sp³-hybridized carbons (Fsp3) is 0.875. The highest BCUT2D eigenvalue weighted by Crippen LogP contribution is 2.35. The molecule has 2 unspecified atom stereocenters. The van der Waals surface area contributed by atoms with Crippen molar-refractivity contribution >= 4 is 11.8 Å². The van der Waals surface area contributed by atoms with E-state index in [9.17, 15) is 9.59 Å². The minimum Gasteiger partial charge on any atom is -0.342 e. The average Bonchev–Trinajstić information content (AvgIpc) is 3.16. The molecule has 4 heteroatoms. The molecule has 1 aliphatic heterocycles. The topological polar surface area (TPSA) is 49.4 Å². The zero-order valence-electron chi connectivity index (χ0n) is 13.2. The third-order valence-electron chi connectivity index (χ3n) is 4.36. The molecule has 1 saturated carbocycles. The van der Waals surface area contributed by atoms with Crippen LogP contribution in [0.4, 0.5) is 0 Å². The molecule has 2 fully saturated rings. The molecule has 1 N–H and O–H groups in total. The maximum absolute atomic E-state index is 12.7. The zero-order valence-corrected chi connectivity index (χ0v) is 13.2. The maximum atomic E-state index is 12.7. The second-order valence-electron chi connectivity index (χ2n) is 7.08. The zero-order chi connectivity index (χ0) is 14.9. The Balaban J connectivity index is 2.06. The van der Waals surface area contributed by atoms with Crippen LogP contribution in [0, 0.1) is 17.8 Å². The van der Waals surface area contributed by atoms with Crippen LogP contribution in [0.15, 0.2) is 0 Å². The van der Waals surface area contributed by atoms with Gasteiger partial charge in [0.15, 0.2) is 0 Å². The molecule has 0 aromatic heterocycles. The number of carbonyl (C=O) groups excluding carboxylic acids is 2. The first-order chi connectivity index (χ1) is 9.41. The van der Waals surface area contributed by atoms with E-state index in [1.807, 2.05) is 18.7 Å². The molecule has 1 saturated heterocycles. The first-order valence-corrected chi connectivity index (χ1v) is 8.02. The highest BCUT2D eigenvalue weighted by molar-refractivity contribution is 5.97. The van der Waals surface area contributed by atoms with E-state index in [-0.39, 0.29) is 29.8 Å². The van der Waals surface area contributed by atoms with Crippen LogP contribution in [-0.2, 0) is 9.59 Å². The van der Waals surface area contributed by atoms with Crippen molar-refractivity contribution in [3.63, 3.8) is 0 Å². The van der Waals surface area contributed by atoms with E-state index >= 15 is 0 Å². The third kappa shape index (κ3) is 3.33. The van der Waals surface area contributed by atoms with Gasteiger partial charge in [0.25, 0.3) is 0 Å². The van der Waals surface area contributed by atoms with Gasteiger partial charge in [-0.1, -0.05) is 27.7 Å². The van der Waals surface area contributed by atoms with Gasteiger partial charge in [0, 0.05) is 6.54 Å².